The Morgan fingerprint density at radius 2 is 1.90 bits per heavy atom. The summed E-state index contributed by atoms with van der Waals surface area (Å²) in [4.78, 5) is 2.48. The molecular formula is C18H30N2O. The van der Waals surface area contributed by atoms with E-state index in [0.717, 1.165) is 11.7 Å². The number of likely N-dealkylation sites (N-methyl/N-ethyl adjacent to an activating group) is 1. The van der Waals surface area contributed by atoms with Crippen LogP contribution >= 0.6 is 0 Å². The Balaban J connectivity index is 2.10. The van der Waals surface area contributed by atoms with Gasteiger partial charge >= 0.3 is 0 Å². The van der Waals surface area contributed by atoms with E-state index in [2.05, 4.69) is 31.0 Å². The van der Waals surface area contributed by atoms with E-state index in [9.17, 15) is 0 Å². The van der Waals surface area contributed by atoms with Crippen LogP contribution in [-0.2, 0) is 0 Å². The molecule has 3 nitrogen and oxygen atoms in total. The number of methoxy groups -OCH3 is 1. The molecule has 0 bridgehead atoms. The van der Waals surface area contributed by atoms with Gasteiger partial charge in [-0.05, 0) is 44.7 Å². The number of nitrogens with zero attached hydrogens (tertiary/aromatic N) is 1. The highest BCUT2D eigenvalue weighted by molar-refractivity contribution is 5.36. The maximum absolute atomic E-state index is 6.09. The molecule has 118 valence electrons. The third kappa shape index (κ3) is 3.78. The van der Waals surface area contributed by atoms with Crippen molar-refractivity contribution in [1.29, 1.82) is 0 Å². The molecule has 0 radical (unpaired) electrons. The van der Waals surface area contributed by atoms with E-state index in [1.807, 2.05) is 12.1 Å². The van der Waals surface area contributed by atoms with Crippen molar-refractivity contribution in [2.45, 2.75) is 51.1 Å². The SMILES string of the molecule is CCC1CCC(N(C)C(CN)c2ccccc2OC)CC1. The molecule has 0 heterocycles. The van der Waals surface area contributed by atoms with Crippen molar-refractivity contribution in [3.8, 4) is 5.75 Å². The highest BCUT2D eigenvalue weighted by Gasteiger charge is 2.28. The summed E-state index contributed by atoms with van der Waals surface area (Å²) < 4.78 is 5.52. The van der Waals surface area contributed by atoms with Crippen LogP contribution in [0, 0.1) is 5.92 Å². The number of ether oxygens (including phenoxy) is 1. The molecule has 0 aromatic heterocycles. The van der Waals surface area contributed by atoms with Gasteiger partial charge in [0.1, 0.15) is 5.75 Å². The normalized spacial score (nSPS) is 24.0. The van der Waals surface area contributed by atoms with Gasteiger partial charge in [-0.1, -0.05) is 31.5 Å². The molecule has 1 aromatic carbocycles. The summed E-state index contributed by atoms with van der Waals surface area (Å²) in [7, 11) is 3.96. The lowest BCUT2D eigenvalue weighted by Crippen LogP contribution is -2.40. The average molecular weight is 290 g/mol. The summed E-state index contributed by atoms with van der Waals surface area (Å²) >= 11 is 0. The van der Waals surface area contributed by atoms with Crippen molar-refractivity contribution < 1.29 is 4.74 Å². The molecule has 21 heavy (non-hydrogen) atoms. The molecule has 1 aliphatic rings. The second-order valence-corrected chi connectivity index (χ2v) is 6.24. The minimum Gasteiger partial charge on any atom is -0.496 e. The van der Waals surface area contributed by atoms with Crippen LogP contribution in [0.5, 0.6) is 5.75 Å². The third-order valence-electron chi connectivity index (χ3n) is 5.18. The second kappa shape index (κ2) is 7.81. The van der Waals surface area contributed by atoms with Gasteiger partial charge < -0.3 is 10.5 Å². The van der Waals surface area contributed by atoms with Crippen molar-refractivity contribution >= 4 is 0 Å². The van der Waals surface area contributed by atoms with Gasteiger partial charge in [-0.3, -0.25) is 4.90 Å². The summed E-state index contributed by atoms with van der Waals surface area (Å²) in [5, 5.41) is 0. The van der Waals surface area contributed by atoms with Crippen LogP contribution in [0.4, 0.5) is 0 Å². The summed E-state index contributed by atoms with van der Waals surface area (Å²) in [6, 6.07) is 9.14. The van der Waals surface area contributed by atoms with Gasteiger partial charge in [-0.15, -0.1) is 0 Å². The molecule has 3 heteroatoms. The quantitative estimate of drug-likeness (QED) is 0.870. The molecule has 1 saturated carbocycles. The van der Waals surface area contributed by atoms with Gasteiger partial charge in [0.25, 0.3) is 0 Å². The summed E-state index contributed by atoms with van der Waals surface area (Å²) in [5.41, 5.74) is 7.30. The van der Waals surface area contributed by atoms with Crippen LogP contribution in [0.3, 0.4) is 0 Å². The van der Waals surface area contributed by atoms with Crippen molar-refractivity contribution in [2.24, 2.45) is 11.7 Å². The molecule has 1 unspecified atom stereocenters. The van der Waals surface area contributed by atoms with Gasteiger partial charge in [-0.2, -0.15) is 0 Å². The second-order valence-electron chi connectivity index (χ2n) is 6.24. The van der Waals surface area contributed by atoms with Crippen molar-refractivity contribution in [2.75, 3.05) is 20.7 Å². The number of hydrogen-bond donors (Lipinski definition) is 1. The lowest BCUT2D eigenvalue weighted by molar-refractivity contribution is 0.120. The molecule has 1 aromatic rings. The van der Waals surface area contributed by atoms with Gasteiger partial charge in [0.05, 0.1) is 13.2 Å². The van der Waals surface area contributed by atoms with E-state index >= 15 is 0 Å². The van der Waals surface area contributed by atoms with Crippen molar-refractivity contribution in [3.05, 3.63) is 29.8 Å². The number of rotatable bonds is 6. The summed E-state index contributed by atoms with van der Waals surface area (Å²) in [5.74, 6) is 1.87. The highest BCUT2D eigenvalue weighted by Crippen LogP contribution is 2.34. The van der Waals surface area contributed by atoms with Gasteiger partial charge in [0.15, 0.2) is 0 Å². The Labute approximate surface area is 129 Å². The fraction of sp³-hybridized carbons (Fsp3) is 0.667. The van der Waals surface area contributed by atoms with Crippen LogP contribution in [0.25, 0.3) is 0 Å². The molecular weight excluding hydrogens is 260 g/mol. The lowest BCUT2D eigenvalue weighted by Gasteiger charge is -2.39. The minimum absolute atomic E-state index is 0.240. The largest absolute Gasteiger partial charge is 0.496 e. The van der Waals surface area contributed by atoms with E-state index < -0.39 is 0 Å². The molecule has 1 atom stereocenters. The van der Waals surface area contributed by atoms with Crippen LogP contribution in [0.2, 0.25) is 0 Å². The topological polar surface area (TPSA) is 38.5 Å². The molecule has 1 aliphatic carbocycles. The lowest BCUT2D eigenvalue weighted by atomic mass is 9.83. The molecule has 2 N–H and O–H groups in total. The Morgan fingerprint density at radius 3 is 2.48 bits per heavy atom. The molecule has 2 rings (SSSR count). The highest BCUT2D eigenvalue weighted by atomic mass is 16.5. The van der Waals surface area contributed by atoms with Crippen LogP contribution in [-0.4, -0.2) is 31.6 Å². The maximum atomic E-state index is 6.09. The van der Waals surface area contributed by atoms with Crippen LogP contribution in [0.15, 0.2) is 24.3 Å². The maximum Gasteiger partial charge on any atom is 0.123 e. The predicted molar refractivity (Wildman–Crippen MR) is 88.6 cm³/mol. The van der Waals surface area contributed by atoms with Crippen LogP contribution < -0.4 is 10.5 Å². The number of nitrogens with two attached hydrogens (primary N) is 1. The molecule has 0 amide bonds. The first-order chi connectivity index (χ1) is 10.2. The molecule has 0 aliphatic heterocycles. The van der Waals surface area contributed by atoms with E-state index in [-0.39, 0.29) is 6.04 Å². The number of para-hydroxylation sites is 1. The molecule has 0 saturated heterocycles. The molecule has 1 fully saturated rings. The smallest absolute Gasteiger partial charge is 0.123 e. The van der Waals surface area contributed by atoms with Crippen LogP contribution in [0.1, 0.15) is 50.6 Å². The zero-order valence-corrected chi connectivity index (χ0v) is 13.7. The van der Waals surface area contributed by atoms with E-state index in [4.69, 9.17) is 10.5 Å². The first-order valence-electron chi connectivity index (χ1n) is 8.26. The standard InChI is InChI=1S/C18H30N2O/c1-4-14-9-11-15(12-10-14)20(2)17(13-19)16-7-5-6-8-18(16)21-3/h5-8,14-15,17H,4,9-13,19H2,1-3H3. The average Bonchev–Trinajstić information content (AvgIpc) is 2.56. The summed E-state index contributed by atoms with van der Waals surface area (Å²) in [6.45, 7) is 2.94. The zero-order chi connectivity index (χ0) is 15.2. The fourth-order valence-corrected chi connectivity index (χ4v) is 3.67. The van der Waals surface area contributed by atoms with E-state index in [1.165, 1.54) is 37.7 Å². The summed E-state index contributed by atoms with van der Waals surface area (Å²) in [6.07, 6.45) is 6.62. The van der Waals surface area contributed by atoms with E-state index in [1.54, 1.807) is 7.11 Å². The van der Waals surface area contributed by atoms with Crippen molar-refractivity contribution in [1.82, 2.24) is 4.90 Å². The monoisotopic (exact) mass is 290 g/mol. The predicted octanol–water partition coefficient (Wildman–Crippen LogP) is 3.60. The van der Waals surface area contributed by atoms with Gasteiger partial charge in [0.2, 0.25) is 0 Å². The van der Waals surface area contributed by atoms with E-state index in [0.29, 0.717) is 12.6 Å². The Hall–Kier alpha value is -1.06. The minimum atomic E-state index is 0.240. The van der Waals surface area contributed by atoms with Gasteiger partial charge in [-0.25, -0.2) is 0 Å². The zero-order valence-electron chi connectivity index (χ0n) is 13.7. The fourth-order valence-electron chi connectivity index (χ4n) is 3.67. The first kappa shape index (κ1) is 16.3. The first-order valence-corrected chi connectivity index (χ1v) is 8.26. The Kier molecular flexibility index (Phi) is 6.07. The Bertz CT molecular complexity index is 427. The molecule has 0 spiro atoms. The number of hydrogen-bond acceptors (Lipinski definition) is 3. The Morgan fingerprint density at radius 1 is 1.24 bits per heavy atom. The van der Waals surface area contributed by atoms with Crippen molar-refractivity contribution in [3.63, 3.8) is 0 Å². The number of benzene rings is 1. The third-order valence-corrected chi connectivity index (χ3v) is 5.18. The van der Waals surface area contributed by atoms with Gasteiger partial charge in [0, 0.05) is 18.2 Å².